The third-order valence-corrected chi connectivity index (χ3v) is 6.99. The summed E-state index contributed by atoms with van der Waals surface area (Å²) in [6.45, 7) is 5.73. The van der Waals surface area contributed by atoms with Crippen LogP contribution < -0.4 is 19.5 Å². The molecule has 1 aliphatic heterocycles. The minimum atomic E-state index is -0.141. The fourth-order valence-corrected chi connectivity index (χ4v) is 4.98. The van der Waals surface area contributed by atoms with Crippen LogP contribution in [-0.4, -0.2) is 30.8 Å². The van der Waals surface area contributed by atoms with Gasteiger partial charge >= 0.3 is 0 Å². The van der Waals surface area contributed by atoms with Gasteiger partial charge < -0.3 is 24.1 Å². The zero-order chi connectivity index (χ0) is 23.5. The summed E-state index contributed by atoms with van der Waals surface area (Å²) in [6, 6.07) is 13.5. The molecule has 2 heterocycles. The summed E-state index contributed by atoms with van der Waals surface area (Å²) in [5, 5.41) is 7.17. The number of carbonyl (C=O) groups excluding carboxylic acids is 1. The van der Waals surface area contributed by atoms with E-state index in [0.717, 1.165) is 54.2 Å². The number of carbonyl (C=O) groups is 1. The standard InChI is InChI=1S/C27H30N2O5/c1-18-22(19(2)34-29-18)16-33-23-8-4-3-7-21(23)26(30)28-17-27(11-5-6-12-27)20-9-10-24-25(15-20)32-14-13-31-24/h3-4,7-10,15H,5-6,11-14,16-17H2,1-2H3,(H,28,30). The molecular formula is C27H30N2O5. The molecule has 0 spiro atoms. The largest absolute Gasteiger partial charge is 0.488 e. The first-order chi connectivity index (χ1) is 16.6. The van der Waals surface area contributed by atoms with Gasteiger partial charge in [-0.25, -0.2) is 0 Å². The van der Waals surface area contributed by atoms with Crippen molar-refractivity contribution in [2.45, 2.75) is 51.6 Å². The van der Waals surface area contributed by atoms with Crippen molar-refractivity contribution in [1.82, 2.24) is 10.5 Å². The molecule has 0 atom stereocenters. The molecule has 1 aromatic heterocycles. The number of hydrogen-bond donors (Lipinski definition) is 1. The van der Waals surface area contributed by atoms with E-state index in [0.29, 0.717) is 37.7 Å². The Morgan fingerprint density at radius 2 is 1.82 bits per heavy atom. The summed E-state index contributed by atoms with van der Waals surface area (Å²) in [7, 11) is 0. The summed E-state index contributed by atoms with van der Waals surface area (Å²) in [4.78, 5) is 13.3. The highest BCUT2D eigenvalue weighted by molar-refractivity contribution is 5.97. The van der Waals surface area contributed by atoms with Gasteiger partial charge in [-0.2, -0.15) is 0 Å². The topological polar surface area (TPSA) is 82.8 Å². The van der Waals surface area contributed by atoms with E-state index in [1.807, 2.05) is 38.1 Å². The Morgan fingerprint density at radius 3 is 2.59 bits per heavy atom. The maximum atomic E-state index is 13.3. The first-order valence-corrected chi connectivity index (χ1v) is 11.9. The molecule has 7 heteroatoms. The normalized spacial score (nSPS) is 16.3. The van der Waals surface area contributed by atoms with Crippen molar-refractivity contribution in [3.8, 4) is 17.2 Å². The van der Waals surface area contributed by atoms with Gasteiger partial charge in [0.05, 0.1) is 16.8 Å². The third kappa shape index (κ3) is 4.34. The van der Waals surface area contributed by atoms with Gasteiger partial charge in [0.15, 0.2) is 11.5 Å². The minimum absolute atomic E-state index is 0.113. The summed E-state index contributed by atoms with van der Waals surface area (Å²) in [5.41, 5.74) is 3.29. The van der Waals surface area contributed by atoms with Crippen molar-refractivity contribution < 1.29 is 23.5 Å². The molecule has 0 radical (unpaired) electrons. The van der Waals surface area contributed by atoms with Crippen LogP contribution in [0.2, 0.25) is 0 Å². The van der Waals surface area contributed by atoms with Crippen molar-refractivity contribution in [3.63, 3.8) is 0 Å². The van der Waals surface area contributed by atoms with Gasteiger partial charge in [-0.3, -0.25) is 4.79 Å². The molecule has 3 aromatic rings. The summed E-state index contributed by atoms with van der Waals surface area (Å²) in [6.07, 6.45) is 4.33. The third-order valence-electron chi connectivity index (χ3n) is 6.99. The SMILES string of the molecule is Cc1noc(C)c1COc1ccccc1C(=O)NCC1(c2ccc3c(c2)OCCO3)CCCC1. The number of rotatable bonds is 7. The quantitative estimate of drug-likeness (QED) is 0.539. The van der Waals surface area contributed by atoms with E-state index in [-0.39, 0.29) is 11.3 Å². The fourth-order valence-electron chi connectivity index (χ4n) is 4.98. The lowest BCUT2D eigenvalue weighted by atomic mass is 9.78. The number of nitrogens with zero attached hydrogens (tertiary/aromatic N) is 1. The van der Waals surface area contributed by atoms with Crippen LogP contribution in [0.1, 0.15) is 58.6 Å². The maximum absolute atomic E-state index is 13.3. The van der Waals surface area contributed by atoms with Gasteiger partial charge in [-0.15, -0.1) is 0 Å². The molecule has 0 unspecified atom stereocenters. The molecule has 1 fully saturated rings. The monoisotopic (exact) mass is 462 g/mol. The summed E-state index contributed by atoms with van der Waals surface area (Å²) < 4.78 is 22.7. The lowest BCUT2D eigenvalue weighted by molar-refractivity contribution is 0.0938. The van der Waals surface area contributed by atoms with Crippen LogP contribution in [0.4, 0.5) is 0 Å². The van der Waals surface area contributed by atoms with Crippen LogP contribution in [0.3, 0.4) is 0 Å². The number of aromatic nitrogens is 1. The zero-order valence-electron chi connectivity index (χ0n) is 19.7. The van der Waals surface area contributed by atoms with Crippen LogP contribution in [0.5, 0.6) is 17.2 Å². The van der Waals surface area contributed by atoms with E-state index >= 15 is 0 Å². The average molecular weight is 463 g/mol. The van der Waals surface area contributed by atoms with E-state index in [4.69, 9.17) is 18.7 Å². The maximum Gasteiger partial charge on any atom is 0.255 e. The first-order valence-electron chi connectivity index (χ1n) is 11.9. The van der Waals surface area contributed by atoms with Gasteiger partial charge in [0.25, 0.3) is 5.91 Å². The van der Waals surface area contributed by atoms with Crippen molar-refractivity contribution >= 4 is 5.91 Å². The van der Waals surface area contributed by atoms with E-state index in [2.05, 4.69) is 22.6 Å². The fraction of sp³-hybridized carbons (Fsp3) is 0.407. The van der Waals surface area contributed by atoms with Crippen LogP contribution in [0.15, 0.2) is 47.0 Å². The molecular weight excluding hydrogens is 432 g/mol. The number of hydrogen-bond acceptors (Lipinski definition) is 6. The lowest BCUT2D eigenvalue weighted by Crippen LogP contribution is -2.39. The molecule has 5 rings (SSSR count). The predicted octanol–water partition coefficient (Wildman–Crippen LogP) is 4.88. The molecule has 1 aliphatic carbocycles. The lowest BCUT2D eigenvalue weighted by Gasteiger charge is -2.31. The Labute approximate surface area is 199 Å². The minimum Gasteiger partial charge on any atom is -0.488 e. The predicted molar refractivity (Wildman–Crippen MR) is 127 cm³/mol. The summed E-state index contributed by atoms with van der Waals surface area (Å²) >= 11 is 0. The van der Waals surface area contributed by atoms with Crippen LogP contribution >= 0.6 is 0 Å². The van der Waals surface area contributed by atoms with Gasteiger partial charge in [0.2, 0.25) is 0 Å². The van der Waals surface area contributed by atoms with Crippen molar-refractivity contribution in [3.05, 3.63) is 70.6 Å². The number of ether oxygens (including phenoxy) is 3. The Hall–Kier alpha value is -3.48. The van der Waals surface area contributed by atoms with E-state index < -0.39 is 0 Å². The number of amides is 1. The Morgan fingerprint density at radius 1 is 1.06 bits per heavy atom. The van der Waals surface area contributed by atoms with Gasteiger partial charge in [-0.05, 0) is 56.5 Å². The van der Waals surface area contributed by atoms with Crippen LogP contribution in [-0.2, 0) is 12.0 Å². The second kappa shape index (κ2) is 9.41. The smallest absolute Gasteiger partial charge is 0.255 e. The highest BCUT2D eigenvalue weighted by atomic mass is 16.6. The molecule has 1 N–H and O–H groups in total. The Kier molecular flexibility index (Phi) is 6.18. The number of fused-ring (bicyclic) bond motifs is 1. The summed E-state index contributed by atoms with van der Waals surface area (Å²) in [5.74, 6) is 2.70. The van der Waals surface area contributed by atoms with Crippen molar-refractivity contribution in [2.24, 2.45) is 0 Å². The molecule has 7 nitrogen and oxygen atoms in total. The van der Waals surface area contributed by atoms with E-state index in [1.165, 1.54) is 5.56 Å². The molecule has 2 aliphatic rings. The van der Waals surface area contributed by atoms with Crippen molar-refractivity contribution in [1.29, 1.82) is 0 Å². The molecule has 0 bridgehead atoms. The van der Waals surface area contributed by atoms with E-state index in [1.54, 1.807) is 6.07 Å². The number of benzene rings is 2. The van der Waals surface area contributed by atoms with Gasteiger partial charge in [0.1, 0.15) is 31.3 Å². The highest BCUT2D eigenvalue weighted by Crippen LogP contribution is 2.44. The van der Waals surface area contributed by atoms with E-state index in [9.17, 15) is 4.79 Å². The molecule has 1 amide bonds. The van der Waals surface area contributed by atoms with Gasteiger partial charge in [0, 0.05) is 12.0 Å². The highest BCUT2D eigenvalue weighted by Gasteiger charge is 2.37. The van der Waals surface area contributed by atoms with Gasteiger partial charge in [-0.1, -0.05) is 36.2 Å². The molecule has 1 saturated carbocycles. The van der Waals surface area contributed by atoms with Crippen LogP contribution in [0.25, 0.3) is 0 Å². The van der Waals surface area contributed by atoms with Crippen molar-refractivity contribution in [2.75, 3.05) is 19.8 Å². The second-order valence-electron chi connectivity index (χ2n) is 9.12. The Bertz CT molecular complexity index is 1160. The molecule has 34 heavy (non-hydrogen) atoms. The second-order valence-corrected chi connectivity index (χ2v) is 9.12. The first kappa shape index (κ1) is 22.3. The molecule has 2 aromatic carbocycles. The number of nitrogens with one attached hydrogen (secondary N) is 1. The van der Waals surface area contributed by atoms with Crippen LogP contribution in [0, 0.1) is 13.8 Å². The zero-order valence-corrected chi connectivity index (χ0v) is 19.7. The number of para-hydroxylation sites is 1. The number of aryl methyl sites for hydroxylation is 2. The molecule has 0 saturated heterocycles. The Balaban J connectivity index is 1.31. The average Bonchev–Trinajstić information content (AvgIpc) is 3.48. The molecule has 178 valence electrons.